The highest BCUT2D eigenvalue weighted by Crippen LogP contribution is 2.41. The average Bonchev–Trinajstić information content (AvgIpc) is 3.07. The van der Waals surface area contributed by atoms with Gasteiger partial charge >= 0.3 is 0 Å². The normalized spacial score (nSPS) is 11.0. The zero-order valence-corrected chi connectivity index (χ0v) is 17.8. The summed E-state index contributed by atoms with van der Waals surface area (Å²) in [5.74, 6) is 1.72. The molecule has 148 valence electrons. The van der Waals surface area contributed by atoms with Crippen LogP contribution in [0.2, 0.25) is 0 Å². The average molecular weight is 404 g/mol. The Kier molecular flexibility index (Phi) is 5.76. The van der Waals surface area contributed by atoms with E-state index in [1.165, 1.54) is 21.6 Å². The van der Waals surface area contributed by atoms with Gasteiger partial charge in [-0.15, -0.1) is 11.3 Å². The summed E-state index contributed by atoms with van der Waals surface area (Å²) in [6, 6.07) is 16.7. The van der Waals surface area contributed by atoms with Crippen LogP contribution >= 0.6 is 11.3 Å². The van der Waals surface area contributed by atoms with Gasteiger partial charge in [-0.05, 0) is 50.1 Å². The molecular formula is C24H25N3OS. The van der Waals surface area contributed by atoms with Crippen molar-refractivity contribution in [3.05, 3.63) is 65.3 Å². The Morgan fingerprint density at radius 1 is 0.966 bits per heavy atom. The molecule has 4 nitrogen and oxygen atoms in total. The molecule has 5 heteroatoms. The Hall–Kier alpha value is -2.92. The highest BCUT2D eigenvalue weighted by molar-refractivity contribution is 7.19. The molecule has 4 aromatic rings. The molecule has 2 aromatic carbocycles. The number of hydrogen-bond acceptors (Lipinski definition) is 5. The van der Waals surface area contributed by atoms with Gasteiger partial charge in [-0.2, -0.15) is 0 Å². The second-order valence-electron chi connectivity index (χ2n) is 7.15. The van der Waals surface area contributed by atoms with Crippen molar-refractivity contribution in [1.29, 1.82) is 0 Å². The number of ether oxygens (including phenoxy) is 1. The van der Waals surface area contributed by atoms with E-state index < -0.39 is 0 Å². The van der Waals surface area contributed by atoms with Gasteiger partial charge < -0.3 is 10.1 Å². The summed E-state index contributed by atoms with van der Waals surface area (Å²) in [6.45, 7) is 7.17. The van der Waals surface area contributed by atoms with Crippen molar-refractivity contribution in [3.63, 3.8) is 0 Å². The van der Waals surface area contributed by atoms with Crippen LogP contribution in [0.5, 0.6) is 5.75 Å². The number of thiophene rings is 1. The van der Waals surface area contributed by atoms with Crippen molar-refractivity contribution >= 4 is 33.1 Å². The SMILES string of the molecule is CCCCOc1ccc(Nc2ncnc3sc(C)c(-c4ccc(C)cc4)c23)cc1. The molecule has 2 heterocycles. The smallest absolute Gasteiger partial charge is 0.143 e. The number of benzene rings is 2. The van der Waals surface area contributed by atoms with E-state index in [2.05, 4.69) is 60.3 Å². The molecule has 4 rings (SSSR count). The lowest BCUT2D eigenvalue weighted by Gasteiger charge is -2.10. The molecule has 0 aliphatic heterocycles. The van der Waals surface area contributed by atoms with Crippen molar-refractivity contribution in [2.24, 2.45) is 0 Å². The molecular weight excluding hydrogens is 378 g/mol. The van der Waals surface area contributed by atoms with E-state index in [0.717, 1.165) is 46.9 Å². The van der Waals surface area contributed by atoms with Crippen molar-refractivity contribution in [2.45, 2.75) is 33.6 Å². The van der Waals surface area contributed by atoms with Crippen molar-refractivity contribution in [1.82, 2.24) is 9.97 Å². The Balaban J connectivity index is 1.67. The molecule has 0 bridgehead atoms. The van der Waals surface area contributed by atoms with Gasteiger partial charge in [0, 0.05) is 16.1 Å². The van der Waals surface area contributed by atoms with Gasteiger partial charge in [-0.3, -0.25) is 0 Å². The summed E-state index contributed by atoms with van der Waals surface area (Å²) in [4.78, 5) is 11.3. The maximum atomic E-state index is 5.76. The van der Waals surface area contributed by atoms with Gasteiger partial charge in [0.15, 0.2) is 0 Å². The number of anilines is 2. The summed E-state index contributed by atoms with van der Waals surface area (Å²) in [7, 11) is 0. The second-order valence-corrected chi connectivity index (χ2v) is 8.36. The van der Waals surface area contributed by atoms with Gasteiger partial charge in [0.25, 0.3) is 0 Å². The highest BCUT2D eigenvalue weighted by Gasteiger charge is 2.17. The first-order valence-electron chi connectivity index (χ1n) is 9.96. The first-order chi connectivity index (χ1) is 14.2. The summed E-state index contributed by atoms with van der Waals surface area (Å²) in [6.07, 6.45) is 3.83. The summed E-state index contributed by atoms with van der Waals surface area (Å²) >= 11 is 1.71. The molecule has 0 radical (unpaired) electrons. The van der Waals surface area contributed by atoms with Gasteiger partial charge in [-0.1, -0.05) is 43.2 Å². The molecule has 0 fully saturated rings. The van der Waals surface area contributed by atoms with Crippen LogP contribution in [0.3, 0.4) is 0 Å². The number of aryl methyl sites for hydroxylation is 2. The van der Waals surface area contributed by atoms with Crippen LogP contribution in [-0.2, 0) is 0 Å². The molecule has 0 saturated carbocycles. The minimum Gasteiger partial charge on any atom is -0.494 e. The Labute approximate surface area is 175 Å². The molecule has 0 atom stereocenters. The van der Waals surface area contributed by atoms with E-state index in [1.54, 1.807) is 17.7 Å². The lowest BCUT2D eigenvalue weighted by atomic mass is 10.0. The fourth-order valence-corrected chi connectivity index (χ4v) is 4.33. The second kappa shape index (κ2) is 8.62. The van der Waals surface area contributed by atoms with E-state index in [0.29, 0.717) is 0 Å². The van der Waals surface area contributed by atoms with Gasteiger partial charge in [0.2, 0.25) is 0 Å². The summed E-state index contributed by atoms with van der Waals surface area (Å²) in [5, 5.41) is 4.55. The van der Waals surface area contributed by atoms with E-state index in [4.69, 9.17) is 4.74 Å². The molecule has 29 heavy (non-hydrogen) atoms. The van der Waals surface area contributed by atoms with Crippen molar-refractivity contribution in [3.8, 4) is 16.9 Å². The van der Waals surface area contributed by atoms with E-state index in [-0.39, 0.29) is 0 Å². The lowest BCUT2D eigenvalue weighted by Crippen LogP contribution is -1.98. The number of nitrogens with one attached hydrogen (secondary N) is 1. The molecule has 0 aliphatic carbocycles. The Morgan fingerprint density at radius 2 is 1.72 bits per heavy atom. The van der Waals surface area contributed by atoms with Crippen LogP contribution in [0.1, 0.15) is 30.2 Å². The van der Waals surface area contributed by atoms with Gasteiger partial charge in [0.05, 0.1) is 12.0 Å². The van der Waals surface area contributed by atoms with Crippen LogP contribution < -0.4 is 10.1 Å². The molecule has 0 spiro atoms. The molecule has 1 N–H and O–H groups in total. The van der Waals surface area contributed by atoms with Crippen LogP contribution in [0.15, 0.2) is 54.9 Å². The Bertz CT molecular complexity index is 1100. The van der Waals surface area contributed by atoms with Crippen molar-refractivity contribution in [2.75, 3.05) is 11.9 Å². The maximum Gasteiger partial charge on any atom is 0.143 e. The predicted octanol–water partition coefficient (Wildman–Crippen LogP) is 6.90. The third-order valence-electron chi connectivity index (χ3n) is 4.89. The monoisotopic (exact) mass is 403 g/mol. The number of fused-ring (bicyclic) bond motifs is 1. The topological polar surface area (TPSA) is 47.0 Å². The van der Waals surface area contributed by atoms with Crippen LogP contribution in [0, 0.1) is 13.8 Å². The minimum absolute atomic E-state index is 0.754. The Morgan fingerprint density at radius 3 is 2.45 bits per heavy atom. The number of unbranched alkanes of at least 4 members (excludes halogenated alkanes) is 1. The zero-order valence-electron chi connectivity index (χ0n) is 17.0. The van der Waals surface area contributed by atoms with Crippen LogP contribution in [-0.4, -0.2) is 16.6 Å². The van der Waals surface area contributed by atoms with Crippen molar-refractivity contribution < 1.29 is 4.74 Å². The van der Waals surface area contributed by atoms with Gasteiger partial charge in [0.1, 0.15) is 22.7 Å². The molecule has 0 amide bonds. The fourth-order valence-electron chi connectivity index (χ4n) is 3.31. The lowest BCUT2D eigenvalue weighted by molar-refractivity contribution is 0.309. The first kappa shape index (κ1) is 19.4. The molecule has 0 aliphatic rings. The number of nitrogens with zero attached hydrogens (tertiary/aromatic N) is 2. The number of aromatic nitrogens is 2. The number of rotatable bonds is 7. The summed E-state index contributed by atoms with van der Waals surface area (Å²) in [5.41, 5.74) is 4.62. The van der Waals surface area contributed by atoms with Crippen LogP contribution in [0.4, 0.5) is 11.5 Å². The molecule has 2 aromatic heterocycles. The van der Waals surface area contributed by atoms with E-state index in [1.807, 2.05) is 24.3 Å². The third kappa shape index (κ3) is 4.25. The zero-order chi connectivity index (χ0) is 20.2. The maximum absolute atomic E-state index is 5.76. The highest BCUT2D eigenvalue weighted by atomic mass is 32.1. The molecule has 0 unspecified atom stereocenters. The number of hydrogen-bond donors (Lipinski definition) is 1. The van der Waals surface area contributed by atoms with Crippen LogP contribution in [0.25, 0.3) is 21.3 Å². The molecule has 0 saturated heterocycles. The third-order valence-corrected chi connectivity index (χ3v) is 5.90. The van der Waals surface area contributed by atoms with E-state index in [9.17, 15) is 0 Å². The predicted molar refractivity (Wildman–Crippen MR) is 122 cm³/mol. The fraction of sp³-hybridized carbons (Fsp3) is 0.250. The quantitative estimate of drug-likeness (QED) is 0.341. The van der Waals surface area contributed by atoms with Gasteiger partial charge in [-0.25, -0.2) is 9.97 Å². The summed E-state index contributed by atoms with van der Waals surface area (Å²) < 4.78 is 5.76. The first-order valence-corrected chi connectivity index (χ1v) is 10.8. The minimum atomic E-state index is 0.754. The largest absolute Gasteiger partial charge is 0.494 e. The standard InChI is InChI=1S/C24H25N3OS/c1-4-5-14-28-20-12-10-19(11-13-20)27-23-22-21(18-8-6-16(2)7-9-18)17(3)29-24(22)26-15-25-23/h6-13,15H,4-5,14H2,1-3H3,(H,25,26,27). The van der Waals surface area contributed by atoms with E-state index >= 15 is 0 Å².